The van der Waals surface area contributed by atoms with Crippen LogP contribution in [0.1, 0.15) is 64.4 Å². The minimum Gasteiger partial charge on any atom is -0.462 e. The standard InChI is InChI=1S/C23H34N2O6S/c1-4-5-6-7-18(30-17(3)26)12-13-25-22-15-19(14-21(22)24-23(25)27)31-32(28,29)20-10-8-16(2)9-11-20/h8-11,18-19,21-22H,4-7,12-15H2,1-3H3,(H,24,27)/t18?,19-,21+,22-/m1/s1. The van der Waals surface area contributed by atoms with Crippen molar-refractivity contribution in [2.75, 3.05) is 6.54 Å². The van der Waals surface area contributed by atoms with E-state index in [2.05, 4.69) is 12.2 Å². The van der Waals surface area contributed by atoms with Crippen LogP contribution in [0.4, 0.5) is 4.79 Å². The zero-order chi connectivity index (χ0) is 23.3. The molecule has 1 saturated carbocycles. The van der Waals surface area contributed by atoms with Crippen molar-refractivity contribution >= 4 is 22.1 Å². The van der Waals surface area contributed by atoms with Crippen molar-refractivity contribution in [1.82, 2.24) is 10.2 Å². The van der Waals surface area contributed by atoms with Crippen molar-refractivity contribution in [3.8, 4) is 0 Å². The average molecular weight is 467 g/mol. The summed E-state index contributed by atoms with van der Waals surface area (Å²) in [6.45, 7) is 5.86. The first-order valence-corrected chi connectivity index (χ1v) is 12.8. The lowest BCUT2D eigenvalue weighted by Gasteiger charge is -2.25. The van der Waals surface area contributed by atoms with Crippen LogP contribution in [-0.4, -0.2) is 56.2 Å². The number of nitrogens with zero attached hydrogens (tertiary/aromatic N) is 1. The van der Waals surface area contributed by atoms with Gasteiger partial charge in [-0.05, 0) is 44.7 Å². The highest BCUT2D eigenvalue weighted by Crippen LogP contribution is 2.33. The Labute approximate surface area is 190 Å². The van der Waals surface area contributed by atoms with Crippen molar-refractivity contribution in [1.29, 1.82) is 0 Å². The summed E-state index contributed by atoms with van der Waals surface area (Å²) in [6.07, 6.45) is 4.64. The number of nitrogens with one attached hydrogen (secondary N) is 1. The van der Waals surface area contributed by atoms with Gasteiger partial charge in [-0.25, -0.2) is 4.79 Å². The number of unbranched alkanes of at least 4 members (excludes halogenated alkanes) is 2. The Bertz CT molecular complexity index is 902. The summed E-state index contributed by atoms with van der Waals surface area (Å²) in [5.74, 6) is -0.314. The van der Waals surface area contributed by atoms with Crippen molar-refractivity contribution in [2.24, 2.45) is 0 Å². The third-order valence-corrected chi connectivity index (χ3v) is 7.56. The Morgan fingerprint density at radius 1 is 1.19 bits per heavy atom. The van der Waals surface area contributed by atoms with Gasteiger partial charge in [-0.1, -0.05) is 37.5 Å². The van der Waals surface area contributed by atoms with Crippen LogP contribution in [0.15, 0.2) is 29.2 Å². The third kappa shape index (κ3) is 6.22. The number of hydrogen-bond donors (Lipinski definition) is 1. The molecule has 4 atom stereocenters. The van der Waals surface area contributed by atoms with Crippen LogP contribution in [0.5, 0.6) is 0 Å². The van der Waals surface area contributed by atoms with E-state index in [-0.39, 0.29) is 35.1 Å². The van der Waals surface area contributed by atoms with Crippen molar-refractivity contribution < 1.29 is 26.9 Å². The summed E-state index contributed by atoms with van der Waals surface area (Å²) in [5, 5.41) is 2.95. The van der Waals surface area contributed by atoms with Gasteiger partial charge in [0.2, 0.25) is 0 Å². The molecule has 1 heterocycles. The average Bonchev–Trinajstić information content (AvgIpc) is 3.21. The Hall–Kier alpha value is -2.13. The van der Waals surface area contributed by atoms with Crippen LogP contribution in [0, 0.1) is 6.92 Å². The van der Waals surface area contributed by atoms with Gasteiger partial charge < -0.3 is 15.0 Å². The van der Waals surface area contributed by atoms with E-state index in [0.29, 0.717) is 25.8 Å². The van der Waals surface area contributed by atoms with Crippen LogP contribution >= 0.6 is 0 Å². The molecule has 1 aromatic rings. The first kappa shape index (κ1) is 24.5. The van der Waals surface area contributed by atoms with Crippen molar-refractivity contribution in [2.45, 2.75) is 94.9 Å². The van der Waals surface area contributed by atoms with E-state index in [4.69, 9.17) is 8.92 Å². The smallest absolute Gasteiger partial charge is 0.318 e. The number of esters is 1. The molecule has 0 aromatic heterocycles. The summed E-state index contributed by atoms with van der Waals surface area (Å²) >= 11 is 0. The Morgan fingerprint density at radius 2 is 1.91 bits per heavy atom. The number of aryl methyl sites for hydroxylation is 1. The predicted octanol–water partition coefficient (Wildman–Crippen LogP) is 3.53. The molecule has 8 nitrogen and oxygen atoms in total. The number of fused-ring (bicyclic) bond motifs is 1. The molecule has 32 heavy (non-hydrogen) atoms. The number of amides is 2. The van der Waals surface area contributed by atoms with E-state index < -0.39 is 16.2 Å². The zero-order valence-electron chi connectivity index (χ0n) is 19.1. The summed E-state index contributed by atoms with van der Waals surface area (Å²) in [5.41, 5.74) is 0.972. The van der Waals surface area contributed by atoms with Gasteiger partial charge in [0.05, 0.1) is 23.1 Å². The lowest BCUT2D eigenvalue weighted by molar-refractivity contribution is -0.147. The number of urea groups is 1. The van der Waals surface area contributed by atoms with E-state index in [1.165, 1.54) is 6.92 Å². The summed E-state index contributed by atoms with van der Waals surface area (Å²) in [6, 6.07) is 6.13. The first-order chi connectivity index (χ1) is 15.2. The molecule has 1 N–H and O–H groups in total. The first-order valence-electron chi connectivity index (χ1n) is 11.4. The van der Waals surface area contributed by atoms with Gasteiger partial charge in [-0.15, -0.1) is 0 Å². The predicted molar refractivity (Wildman–Crippen MR) is 120 cm³/mol. The molecule has 2 amide bonds. The molecule has 1 aliphatic carbocycles. The summed E-state index contributed by atoms with van der Waals surface area (Å²) in [7, 11) is -3.86. The number of carbonyl (C=O) groups is 2. The summed E-state index contributed by atoms with van der Waals surface area (Å²) in [4.78, 5) is 25.8. The highest BCUT2D eigenvalue weighted by molar-refractivity contribution is 7.86. The van der Waals surface area contributed by atoms with Crippen molar-refractivity contribution in [3.63, 3.8) is 0 Å². The maximum atomic E-state index is 12.6. The van der Waals surface area contributed by atoms with E-state index in [1.807, 2.05) is 6.92 Å². The van der Waals surface area contributed by atoms with Crippen LogP contribution in [0.3, 0.4) is 0 Å². The van der Waals surface area contributed by atoms with Crippen LogP contribution in [0.25, 0.3) is 0 Å². The lowest BCUT2D eigenvalue weighted by atomic mass is 10.1. The largest absolute Gasteiger partial charge is 0.462 e. The molecule has 1 aliphatic heterocycles. The topological polar surface area (TPSA) is 102 Å². The van der Waals surface area contributed by atoms with Gasteiger partial charge in [0.15, 0.2) is 0 Å². The molecule has 1 saturated heterocycles. The molecule has 3 rings (SSSR count). The third-order valence-electron chi connectivity index (χ3n) is 6.18. The molecule has 0 bridgehead atoms. The van der Waals surface area contributed by atoms with Gasteiger partial charge in [0, 0.05) is 19.9 Å². The van der Waals surface area contributed by atoms with E-state index >= 15 is 0 Å². The van der Waals surface area contributed by atoms with Crippen LogP contribution in [0.2, 0.25) is 0 Å². The molecule has 0 radical (unpaired) electrons. The van der Waals surface area contributed by atoms with Gasteiger partial charge in [-0.3, -0.25) is 8.98 Å². The lowest BCUT2D eigenvalue weighted by Crippen LogP contribution is -2.37. The SMILES string of the molecule is CCCCCC(CCN1C(=O)N[C@H]2C[C@@H](OS(=O)(=O)c3ccc(C)cc3)C[C@H]21)OC(C)=O. The van der Waals surface area contributed by atoms with Crippen molar-refractivity contribution in [3.05, 3.63) is 29.8 Å². The minimum absolute atomic E-state index is 0.130. The molecule has 9 heteroatoms. The summed E-state index contributed by atoms with van der Waals surface area (Å²) < 4.78 is 36.2. The molecule has 178 valence electrons. The molecule has 1 unspecified atom stereocenters. The van der Waals surface area contributed by atoms with Crippen LogP contribution in [-0.2, 0) is 23.8 Å². The zero-order valence-corrected chi connectivity index (χ0v) is 19.9. The van der Waals surface area contributed by atoms with Gasteiger partial charge in [0.1, 0.15) is 6.10 Å². The number of ether oxygens (including phenoxy) is 1. The van der Waals surface area contributed by atoms with E-state index in [9.17, 15) is 18.0 Å². The second-order valence-electron chi connectivity index (χ2n) is 8.79. The maximum absolute atomic E-state index is 12.6. The van der Waals surface area contributed by atoms with Crippen LogP contribution < -0.4 is 5.32 Å². The molecular weight excluding hydrogens is 432 g/mol. The van der Waals surface area contributed by atoms with Gasteiger partial charge >= 0.3 is 12.0 Å². The van der Waals surface area contributed by atoms with E-state index in [0.717, 1.165) is 31.2 Å². The van der Waals surface area contributed by atoms with E-state index in [1.54, 1.807) is 29.2 Å². The number of hydrogen-bond acceptors (Lipinski definition) is 6. The molecule has 1 aromatic carbocycles. The minimum atomic E-state index is -3.86. The fourth-order valence-electron chi connectivity index (χ4n) is 4.55. The van der Waals surface area contributed by atoms with Gasteiger partial charge in [-0.2, -0.15) is 8.42 Å². The molecule has 0 spiro atoms. The fraction of sp³-hybridized carbons (Fsp3) is 0.652. The molecule has 2 fully saturated rings. The molecular formula is C23H34N2O6S. The highest BCUT2D eigenvalue weighted by atomic mass is 32.2. The second kappa shape index (κ2) is 10.7. The monoisotopic (exact) mass is 466 g/mol. The Balaban J connectivity index is 1.58. The number of rotatable bonds is 11. The quantitative estimate of drug-likeness (QED) is 0.304. The highest BCUT2D eigenvalue weighted by Gasteiger charge is 2.47. The molecule has 2 aliphatic rings. The number of benzene rings is 1. The Kier molecular flexibility index (Phi) is 8.16. The maximum Gasteiger partial charge on any atom is 0.318 e. The van der Waals surface area contributed by atoms with Gasteiger partial charge in [0.25, 0.3) is 10.1 Å². The number of carbonyl (C=O) groups excluding carboxylic acids is 2. The Morgan fingerprint density at radius 3 is 2.56 bits per heavy atom. The second-order valence-corrected chi connectivity index (χ2v) is 10.4. The fourth-order valence-corrected chi connectivity index (χ4v) is 5.65. The normalized spacial score (nSPS) is 23.7.